The van der Waals surface area contributed by atoms with Crippen molar-refractivity contribution in [1.29, 1.82) is 0 Å². The van der Waals surface area contributed by atoms with Crippen molar-refractivity contribution in [2.75, 3.05) is 13.2 Å². The zero-order chi connectivity index (χ0) is 19.6. The summed E-state index contributed by atoms with van der Waals surface area (Å²) < 4.78 is 7.52. The van der Waals surface area contributed by atoms with E-state index in [1.165, 1.54) is 5.56 Å². The molecule has 0 radical (unpaired) electrons. The molecule has 0 aliphatic heterocycles. The Labute approximate surface area is 166 Å². The number of aromatic nitrogens is 2. The number of hydrogen-bond donors (Lipinski definition) is 1. The fraction of sp³-hybridized carbons (Fsp3) is 0.304. The minimum atomic E-state index is 0.0772. The molecule has 1 N–H and O–H groups in total. The summed E-state index contributed by atoms with van der Waals surface area (Å²) >= 11 is 0. The summed E-state index contributed by atoms with van der Waals surface area (Å²) in [4.78, 5) is 11.9. The molecule has 0 spiro atoms. The molecule has 1 heterocycles. The highest BCUT2D eigenvalue weighted by Gasteiger charge is 2.07. The van der Waals surface area contributed by atoms with Crippen LogP contribution in [0.15, 0.2) is 66.9 Å². The van der Waals surface area contributed by atoms with Crippen LogP contribution < -0.4 is 10.1 Å². The molecule has 28 heavy (non-hydrogen) atoms. The second kappa shape index (κ2) is 10.3. The number of nitrogens with zero attached hydrogens (tertiary/aromatic N) is 2. The van der Waals surface area contributed by atoms with E-state index in [0.29, 0.717) is 26.0 Å². The van der Waals surface area contributed by atoms with Crippen molar-refractivity contribution in [3.63, 3.8) is 0 Å². The monoisotopic (exact) mass is 377 g/mol. The van der Waals surface area contributed by atoms with E-state index in [-0.39, 0.29) is 5.91 Å². The van der Waals surface area contributed by atoms with Gasteiger partial charge in [-0.25, -0.2) is 4.68 Å². The Bertz CT molecular complexity index is 860. The number of hydrogen-bond acceptors (Lipinski definition) is 3. The number of amides is 1. The van der Waals surface area contributed by atoms with E-state index < -0.39 is 0 Å². The van der Waals surface area contributed by atoms with Gasteiger partial charge in [-0.05, 0) is 56.0 Å². The summed E-state index contributed by atoms with van der Waals surface area (Å²) in [7, 11) is 0. The third-order valence-corrected chi connectivity index (χ3v) is 4.53. The Morgan fingerprint density at radius 1 is 1.04 bits per heavy atom. The highest BCUT2D eigenvalue weighted by Crippen LogP contribution is 2.13. The van der Waals surface area contributed by atoms with E-state index in [9.17, 15) is 4.79 Å². The molecule has 0 unspecified atom stereocenters. The number of carbonyl (C=O) groups excluding carboxylic acids is 1. The van der Waals surface area contributed by atoms with Crippen molar-refractivity contribution in [3.05, 3.63) is 78.1 Å². The van der Waals surface area contributed by atoms with Gasteiger partial charge in [0.25, 0.3) is 0 Å². The van der Waals surface area contributed by atoms with Gasteiger partial charge in [-0.3, -0.25) is 4.79 Å². The Kier molecular flexibility index (Phi) is 7.24. The Morgan fingerprint density at radius 2 is 1.75 bits per heavy atom. The van der Waals surface area contributed by atoms with Gasteiger partial charge in [-0.2, -0.15) is 5.10 Å². The standard InChI is InChI=1S/C23H27N3O2/c1-19-20(18-26(25-19)21-11-4-2-5-12-21)10-8-16-24-23(27)15-9-17-28-22-13-6-3-7-14-22/h2-7,11-14,18H,8-10,15-17H2,1H3,(H,24,27). The van der Waals surface area contributed by atoms with Crippen molar-refractivity contribution in [2.45, 2.75) is 32.6 Å². The maximum atomic E-state index is 11.9. The summed E-state index contributed by atoms with van der Waals surface area (Å²) in [5.74, 6) is 0.919. The number of ether oxygens (including phenoxy) is 1. The minimum Gasteiger partial charge on any atom is -0.494 e. The van der Waals surface area contributed by atoms with Crippen LogP contribution in [0.3, 0.4) is 0 Å². The van der Waals surface area contributed by atoms with Crippen molar-refractivity contribution in [1.82, 2.24) is 15.1 Å². The van der Waals surface area contributed by atoms with Crippen LogP contribution in [-0.4, -0.2) is 28.8 Å². The molecule has 1 amide bonds. The van der Waals surface area contributed by atoms with Gasteiger partial charge in [0.1, 0.15) is 5.75 Å². The first-order valence-corrected chi connectivity index (χ1v) is 9.77. The molecule has 0 saturated heterocycles. The summed E-state index contributed by atoms with van der Waals surface area (Å²) in [6, 6.07) is 19.8. The minimum absolute atomic E-state index is 0.0772. The molecule has 0 fully saturated rings. The van der Waals surface area contributed by atoms with Gasteiger partial charge in [-0.15, -0.1) is 0 Å². The zero-order valence-electron chi connectivity index (χ0n) is 16.3. The SMILES string of the molecule is Cc1nn(-c2ccccc2)cc1CCCNC(=O)CCCOc1ccccc1. The molecular formula is C23H27N3O2. The van der Waals surface area contributed by atoms with Gasteiger partial charge < -0.3 is 10.1 Å². The lowest BCUT2D eigenvalue weighted by molar-refractivity contribution is -0.121. The van der Waals surface area contributed by atoms with Gasteiger partial charge in [0.15, 0.2) is 0 Å². The molecule has 3 aromatic rings. The van der Waals surface area contributed by atoms with Gasteiger partial charge in [0, 0.05) is 19.2 Å². The van der Waals surface area contributed by atoms with Crippen LogP contribution in [0.4, 0.5) is 0 Å². The lowest BCUT2D eigenvalue weighted by Crippen LogP contribution is -2.24. The summed E-state index contributed by atoms with van der Waals surface area (Å²) in [5, 5.41) is 7.57. The zero-order valence-corrected chi connectivity index (χ0v) is 16.3. The molecule has 0 saturated carbocycles. The molecule has 5 nitrogen and oxygen atoms in total. The average Bonchev–Trinajstić information content (AvgIpc) is 3.11. The number of aryl methyl sites for hydroxylation is 2. The molecular weight excluding hydrogens is 350 g/mol. The summed E-state index contributed by atoms with van der Waals surface area (Å²) in [6.45, 7) is 3.25. The maximum Gasteiger partial charge on any atom is 0.220 e. The van der Waals surface area contributed by atoms with Gasteiger partial charge >= 0.3 is 0 Å². The Balaban J connectivity index is 1.32. The van der Waals surface area contributed by atoms with Gasteiger partial charge in [0.2, 0.25) is 5.91 Å². The fourth-order valence-electron chi connectivity index (χ4n) is 2.99. The topological polar surface area (TPSA) is 56.2 Å². The van der Waals surface area contributed by atoms with E-state index in [2.05, 4.69) is 16.6 Å². The smallest absolute Gasteiger partial charge is 0.220 e. The van der Waals surface area contributed by atoms with Crippen molar-refractivity contribution in [3.8, 4) is 11.4 Å². The van der Waals surface area contributed by atoms with Crippen LogP contribution in [-0.2, 0) is 11.2 Å². The normalized spacial score (nSPS) is 10.6. The highest BCUT2D eigenvalue weighted by molar-refractivity contribution is 5.75. The van der Waals surface area contributed by atoms with Crippen LogP contribution >= 0.6 is 0 Å². The van der Waals surface area contributed by atoms with Crippen LogP contribution in [0.1, 0.15) is 30.5 Å². The van der Waals surface area contributed by atoms with E-state index in [4.69, 9.17) is 4.74 Å². The van der Waals surface area contributed by atoms with Crippen LogP contribution in [0.2, 0.25) is 0 Å². The quantitative estimate of drug-likeness (QED) is 0.542. The number of nitrogens with one attached hydrogen (secondary N) is 1. The van der Waals surface area contributed by atoms with Crippen LogP contribution in [0.25, 0.3) is 5.69 Å². The fourth-order valence-corrected chi connectivity index (χ4v) is 2.99. The molecule has 2 aromatic carbocycles. The largest absolute Gasteiger partial charge is 0.494 e. The van der Waals surface area contributed by atoms with Crippen molar-refractivity contribution in [2.24, 2.45) is 0 Å². The molecule has 0 atom stereocenters. The average molecular weight is 377 g/mol. The molecule has 146 valence electrons. The highest BCUT2D eigenvalue weighted by atomic mass is 16.5. The second-order valence-electron chi connectivity index (χ2n) is 6.74. The van der Waals surface area contributed by atoms with Gasteiger partial charge in [-0.1, -0.05) is 36.4 Å². The first kappa shape index (κ1) is 19.7. The van der Waals surface area contributed by atoms with E-state index in [1.54, 1.807) is 0 Å². The first-order valence-electron chi connectivity index (χ1n) is 9.77. The third kappa shape index (κ3) is 5.98. The molecule has 1 aromatic heterocycles. The second-order valence-corrected chi connectivity index (χ2v) is 6.74. The predicted molar refractivity (Wildman–Crippen MR) is 111 cm³/mol. The first-order chi connectivity index (χ1) is 13.7. The van der Waals surface area contributed by atoms with E-state index >= 15 is 0 Å². The van der Waals surface area contributed by atoms with Crippen molar-refractivity contribution < 1.29 is 9.53 Å². The lowest BCUT2D eigenvalue weighted by Gasteiger charge is -2.07. The molecule has 0 bridgehead atoms. The number of benzene rings is 2. The third-order valence-electron chi connectivity index (χ3n) is 4.53. The Hall–Kier alpha value is -3.08. The lowest BCUT2D eigenvalue weighted by atomic mass is 10.1. The van der Waals surface area contributed by atoms with E-state index in [1.807, 2.05) is 72.3 Å². The Morgan fingerprint density at radius 3 is 2.50 bits per heavy atom. The van der Waals surface area contributed by atoms with Gasteiger partial charge in [0.05, 0.1) is 18.0 Å². The predicted octanol–water partition coefficient (Wildman–Crippen LogP) is 4.09. The number of rotatable bonds is 10. The molecule has 3 rings (SSSR count). The summed E-state index contributed by atoms with van der Waals surface area (Å²) in [6.07, 6.45) is 5.07. The molecule has 5 heteroatoms. The van der Waals surface area contributed by atoms with Crippen LogP contribution in [0, 0.1) is 6.92 Å². The van der Waals surface area contributed by atoms with Crippen LogP contribution in [0.5, 0.6) is 5.75 Å². The number of para-hydroxylation sites is 2. The molecule has 0 aliphatic rings. The van der Waals surface area contributed by atoms with Crippen molar-refractivity contribution >= 4 is 5.91 Å². The maximum absolute atomic E-state index is 11.9. The number of carbonyl (C=O) groups is 1. The molecule has 0 aliphatic carbocycles. The summed E-state index contributed by atoms with van der Waals surface area (Å²) in [5.41, 5.74) is 3.31. The van der Waals surface area contributed by atoms with E-state index in [0.717, 1.165) is 30.0 Å².